The number of anilines is 2. The van der Waals surface area contributed by atoms with Crippen molar-refractivity contribution in [2.24, 2.45) is 5.73 Å². The SMILES string of the molecule is COc1ccc([C@H](C(=O)NC2CCCC2)N(C(=O)c2snc(C(N)=O)c2N)c2cc(C)ccc2OC)cc1OC. The number of hydrogen-bond donors (Lipinski definition) is 3. The van der Waals surface area contributed by atoms with Crippen molar-refractivity contribution in [3.05, 3.63) is 58.1 Å². The van der Waals surface area contributed by atoms with Crippen molar-refractivity contribution in [3.63, 3.8) is 0 Å². The monoisotopic (exact) mass is 567 g/mol. The summed E-state index contributed by atoms with van der Waals surface area (Å²) < 4.78 is 20.6. The number of rotatable bonds is 10. The van der Waals surface area contributed by atoms with Gasteiger partial charge in [-0.1, -0.05) is 25.0 Å². The Morgan fingerprint density at radius 2 is 1.65 bits per heavy atom. The molecule has 1 aliphatic rings. The number of nitrogens with one attached hydrogen (secondary N) is 1. The molecule has 1 fully saturated rings. The molecule has 4 rings (SSSR count). The second kappa shape index (κ2) is 12.2. The highest BCUT2D eigenvalue weighted by Gasteiger charge is 2.38. The topological polar surface area (TPSA) is 159 Å². The number of aromatic nitrogens is 1. The number of methoxy groups -OCH3 is 3. The van der Waals surface area contributed by atoms with E-state index in [0.29, 0.717) is 28.5 Å². The lowest BCUT2D eigenvalue weighted by atomic mass is 10.0. The Morgan fingerprint density at radius 3 is 2.25 bits per heavy atom. The van der Waals surface area contributed by atoms with Crippen LogP contribution >= 0.6 is 11.5 Å². The molecule has 11 nitrogen and oxygen atoms in total. The minimum Gasteiger partial charge on any atom is -0.495 e. The number of nitrogens with zero attached hydrogens (tertiary/aromatic N) is 2. The zero-order valence-corrected chi connectivity index (χ0v) is 23.7. The zero-order valence-electron chi connectivity index (χ0n) is 22.9. The van der Waals surface area contributed by atoms with Crippen molar-refractivity contribution in [3.8, 4) is 17.2 Å². The summed E-state index contributed by atoms with van der Waals surface area (Å²) in [6.07, 6.45) is 3.70. The highest BCUT2D eigenvalue weighted by atomic mass is 32.1. The molecule has 1 atom stereocenters. The first kappa shape index (κ1) is 28.7. The fourth-order valence-electron chi connectivity index (χ4n) is 4.88. The molecule has 3 amide bonds. The molecule has 2 aromatic carbocycles. The van der Waals surface area contributed by atoms with Gasteiger partial charge in [0.2, 0.25) is 5.91 Å². The maximum absolute atomic E-state index is 14.4. The summed E-state index contributed by atoms with van der Waals surface area (Å²) in [5, 5.41) is 3.13. The molecule has 3 aromatic rings. The normalized spacial score (nSPS) is 13.9. The van der Waals surface area contributed by atoms with E-state index in [1.807, 2.05) is 13.0 Å². The van der Waals surface area contributed by atoms with Crippen molar-refractivity contribution >= 4 is 40.6 Å². The molecule has 1 heterocycles. The van der Waals surface area contributed by atoms with Crippen molar-refractivity contribution in [1.29, 1.82) is 0 Å². The number of hydrogen-bond acceptors (Lipinski definition) is 9. The standard InChI is InChI=1S/C28H33N5O6S/c1-15-9-11-19(37-2)18(13-15)33(28(36)25-22(29)23(26(30)34)32-40-25)24(27(35)31-17-7-5-6-8-17)16-10-12-20(38-3)21(14-16)39-4/h9-14,17,24H,5-8,29H2,1-4H3,(H2,30,34)(H,31,35)/t24-/m1/s1. The Balaban J connectivity index is 1.96. The Labute approximate surface area is 236 Å². The third kappa shape index (κ3) is 5.67. The van der Waals surface area contributed by atoms with Crippen LogP contribution < -0.4 is 35.9 Å². The van der Waals surface area contributed by atoms with Crippen molar-refractivity contribution < 1.29 is 28.6 Å². The van der Waals surface area contributed by atoms with Gasteiger partial charge in [0.05, 0.1) is 32.7 Å². The van der Waals surface area contributed by atoms with Gasteiger partial charge < -0.3 is 31.0 Å². The number of amides is 3. The quantitative estimate of drug-likeness (QED) is 0.335. The van der Waals surface area contributed by atoms with E-state index in [2.05, 4.69) is 9.69 Å². The second-order valence-electron chi connectivity index (χ2n) is 9.50. The van der Waals surface area contributed by atoms with E-state index in [-0.39, 0.29) is 22.3 Å². The van der Waals surface area contributed by atoms with E-state index in [1.165, 1.54) is 26.2 Å². The lowest BCUT2D eigenvalue weighted by molar-refractivity contribution is -0.123. The molecule has 12 heteroatoms. The van der Waals surface area contributed by atoms with Crippen LogP contribution in [-0.4, -0.2) is 49.5 Å². The van der Waals surface area contributed by atoms with E-state index in [9.17, 15) is 14.4 Å². The van der Waals surface area contributed by atoms with Crippen LogP contribution in [0.2, 0.25) is 0 Å². The van der Waals surface area contributed by atoms with Gasteiger partial charge in [-0.2, -0.15) is 4.37 Å². The molecule has 0 unspecified atom stereocenters. The number of nitrogens with two attached hydrogens (primary N) is 2. The van der Waals surface area contributed by atoms with Crippen LogP contribution in [0, 0.1) is 6.92 Å². The maximum atomic E-state index is 14.4. The van der Waals surface area contributed by atoms with Crippen molar-refractivity contribution in [1.82, 2.24) is 9.69 Å². The van der Waals surface area contributed by atoms with Crippen LogP contribution in [0.1, 0.15) is 63.0 Å². The molecule has 40 heavy (non-hydrogen) atoms. The lowest BCUT2D eigenvalue weighted by Crippen LogP contribution is -2.46. The van der Waals surface area contributed by atoms with E-state index in [1.54, 1.807) is 30.3 Å². The van der Waals surface area contributed by atoms with Crippen LogP contribution in [0.15, 0.2) is 36.4 Å². The first-order valence-corrected chi connectivity index (χ1v) is 13.5. The van der Waals surface area contributed by atoms with Crippen LogP contribution in [0.3, 0.4) is 0 Å². The molecule has 0 radical (unpaired) electrons. The van der Waals surface area contributed by atoms with Crippen LogP contribution in [-0.2, 0) is 4.79 Å². The Morgan fingerprint density at radius 1 is 1.00 bits per heavy atom. The fraction of sp³-hybridized carbons (Fsp3) is 0.357. The summed E-state index contributed by atoms with van der Waals surface area (Å²) >= 11 is 0.740. The number of aryl methyl sites for hydroxylation is 1. The molecule has 1 aromatic heterocycles. The maximum Gasteiger partial charge on any atom is 0.273 e. The van der Waals surface area contributed by atoms with Gasteiger partial charge in [0, 0.05) is 6.04 Å². The number of carbonyl (C=O) groups excluding carboxylic acids is 3. The summed E-state index contributed by atoms with van der Waals surface area (Å²) in [7, 11) is 4.48. The third-order valence-electron chi connectivity index (χ3n) is 6.90. The predicted octanol–water partition coefficient (Wildman–Crippen LogP) is 3.61. The smallest absolute Gasteiger partial charge is 0.273 e. The molecule has 0 spiro atoms. The third-order valence-corrected chi connectivity index (χ3v) is 7.75. The number of ether oxygens (including phenoxy) is 3. The Hall–Kier alpha value is -4.32. The fourth-order valence-corrected chi connectivity index (χ4v) is 5.63. The van der Waals surface area contributed by atoms with Gasteiger partial charge in [-0.3, -0.25) is 19.3 Å². The average molecular weight is 568 g/mol. The zero-order chi connectivity index (χ0) is 29.0. The van der Waals surface area contributed by atoms with Crippen LogP contribution in [0.5, 0.6) is 17.2 Å². The van der Waals surface area contributed by atoms with Crippen molar-refractivity contribution in [2.45, 2.75) is 44.7 Å². The molecule has 0 saturated heterocycles. The number of benzene rings is 2. The van der Waals surface area contributed by atoms with E-state index < -0.39 is 23.8 Å². The van der Waals surface area contributed by atoms with E-state index in [4.69, 9.17) is 25.7 Å². The molecule has 0 aliphatic heterocycles. The number of primary amides is 1. The van der Waals surface area contributed by atoms with Gasteiger partial charge in [0.1, 0.15) is 16.7 Å². The Bertz CT molecular complexity index is 1420. The summed E-state index contributed by atoms with van der Waals surface area (Å²) in [5.41, 5.74) is 12.9. The molecule has 1 saturated carbocycles. The minimum absolute atomic E-state index is 0.0264. The van der Waals surface area contributed by atoms with Gasteiger partial charge in [0.15, 0.2) is 17.2 Å². The van der Waals surface area contributed by atoms with Crippen LogP contribution in [0.4, 0.5) is 11.4 Å². The highest BCUT2D eigenvalue weighted by molar-refractivity contribution is 7.09. The molecule has 1 aliphatic carbocycles. The minimum atomic E-state index is -1.18. The molecular formula is C28H33N5O6S. The number of carbonyl (C=O) groups is 3. The second-order valence-corrected chi connectivity index (χ2v) is 10.3. The van der Waals surface area contributed by atoms with Gasteiger partial charge in [-0.05, 0) is 66.7 Å². The summed E-state index contributed by atoms with van der Waals surface area (Å²) in [4.78, 5) is 41.7. The lowest BCUT2D eigenvalue weighted by Gasteiger charge is -2.33. The van der Waals surface area contributed by atoms with Crippen LogP contribution in [0.25, 0.3) is 0 Å². The molecule has 5 N–H and O–H groups in total. The highest BCUT2D eigenvalue weighted by Crippen LogP contribution is 2.40. The summed E-state index contributed by atoms with van der Waals surface area (Å²) in [5.74, 6) is -0.693. The number of nitrogen functional groups attached to an aromatic ring is 1. The van der Waals surface area contributed by atoms with Gasteiger partial charge >= 0.3 is 0 Å². The van der Waals surface area contributed by atoms with E-state index in [0.717, 1.165) is 42.8 Å². The predicted molar refractivity (Wildman–Crippen MR) is 152 cm³/mol. The average Bonchev–Trinajstić information content (AvgIpc) is 3.60. The Kier molecular flexibility index (Phi) is 8.78. The van der Waals surface area contributed by atoms with Gasteiger partial charge in [-0.25, -0.2) is 0 Å². The summed E-state index contributed by atoms with van der Waals surface area (Å²) in [6.45, 7) is 1.86. The van der Waals surface area contributed by atoms with Gasteiger partial charge in [0.25, 0.3) is 11.8 Å². The first-order valence-electron chi connectivity index (χ1n) is 12.8. The van der Waals surface area contributed by atoms with E-state index >= 15 is 0 Å². The molecular weight excluding hydrogens is 534 g/mol. The van der Waals surface area contributed by atoms with Crippen molar-refractivity contribution in [2.75, 3.05) is 32.0 Å². The summed E-state index contributed by atoms with van der Waals surface area (Å²) in [6, 6.07) is 9.13. The largest absolute Gasteiger partial charge is 0.495 e. The first-order chi connectivity index (χ1) is 19.2. The molecule has 212 valence electrons. The molecule has 0 bridgehead atoms. The van der Waals surface area contributed by atoms with Gasteiger partial charge in [-0.15, -0.1) is 0 Å².